The minimum absolute atomic E-state index is 0.490. The second kappa shape index (κ2) is 9.25. The highest BCUT2D eigenvalue weighted by Crippen LogP contribution is 2.29. The number of nitro groups is 2. The van der Waals surface area contributed by atoms with Crippen LogP contribution in [0.1, 0.15) is 24.2 Å². The van der Waals surface area contributed by atoms with Gasteiger partial charge in [0.1, 0.15) is 0 Å². The number of nitrogens with zero attached hydrogens (tertiary/aromatic N) is 3. The van der Waals surface area contributed by atoms with Crippen molar-refractivity contribution in [2.45, 2.75) is 20.4 Å². The number of fused-ring (bicyclic) bond motifs is 3. The Morgan fingerprint density at radius 1 is 0.875 bits per heavy atom. The van der Waals surface area contributed by atoms with E-state index in [0.717, 1.165) is 18.7 Å². The zero-order valence-electron chi connectivity index (χ0n) is 17.5. The Kier molecular flexibility index (Phi) is 6.48. The Morgan fingerprint density at radius 2 is 1.31 bits per heavy atom. The van der Waals surface area contributed by atoms with E-state index in [1.54, 1.807) is 0 Å². The Morgan fingerprint density at radius 3 is 1.69 bits per heavy atom. The van der Waals surface area contributed by atoms with E-state index in [1.165, 1.54) is 21.8 Å². The summed E-state index contributed by atoms with van der Waals surface area (Å²) in [5, 5.41) is 32.0. The van der Waals surface area contributed by atoms with Crippen molar-refractivity contribution in [2.75, 3.05) is 0 Å². The van der Waals surface area contributed by atoms with Crippen molar-refractivity contribution in [2.24, 2.45) is 5.92 Å². The number of nitro benzene ring substituents is 2. The molecule has 0 aliphatic heterocycles. The number of carbonyl (C=O) groups is 1. The number of rotatable bonds is 5. The SMILES string of the molecule is CC(C)Cn1c2ccccc2c2ccccc21.O=C(O)c1cc([N+](=O)[O-])cc([N+](=O)[O-])c1. The molecule has 32 heavy (non-hydrogen) atoms. The van der Waals surface area contributed by atoms with Gasteiger partial charge < -0.3 is 9.67 Å². The molecule has 1 N–H and O–H groups in total. The molecule has 4 aromatic rings. The van der Waals surface area contributed by atoms with Crippen LogP contribution < -0.4 is 0 Å². The molecular weight excluding hydrogens is 414 g/mol. The topological polar surface area (TPSA) is 129 Å². The van der Waals surface area contributed by atoms with E-state index >= 15 is 0 Å². The maximum atomic E-state index is 10.5. The van der Waals surface area contributed by atoms with Gasteiger partial charge in [-0.05, 0) is 18.1 Å². The molecule has 0 unspecified atom stereocenters. The summed E-state index contributed by atoms with van der Waals surface area (Å²) >= 11 is 0. The van der Waals surface area contributed by atoms with E-state index in [0.29, 0.717) is 12.0 Å². The van der Waals surface area contributed by atoms with Crippen molar-refractivity contribution < 1.29 is 19.7 Å². The van der Waals surface area contributed by atoms with Gasteiger partial charge >= 0.3 is 5.97 Å². The third-order valence-corrected chi connectivity index (χ3v) is 4.80. The summed E-state index contributed by atoms with van der Waals surface area (Å²) in [6.45, 7) is 5.61. The first kappa shape index (κ1) is 22.4. The molecule has 0 aliphatic rings. The van der Waals surface area contributed by atoms with Crippen molar-refractivity contribution >= 4 is 39.1 Å². The molecule has 164 valence electrons. The van der Waals surface area contributed by atoms with Crippen molar-refractivity contribution in [3.63, 3.8) is 0 Å². The summed E-state index contributed by atoms with van der Waals surface area (Å²) in [4.78, 5) is 29.4. The third-order valence-electron chi connectivity index (χ3n) is 4.80. The Balaban J connectivity index is 0.000000183. The molecule has 0 saturated heterocycles. The molecule has 3 aromatic carbocycles. The predicted octanol–water partition coefficient (Wildman–Crippen LogP) is 5.65. The van der Waals surface area contributed by atoms with Gasteiger partial charge in [-0.25, -0.2) is 4.79 Å². The average Bonchev–Trinajstić information content (AvgIpc) is 3.07. The van der Waals surface area contributed by atoms with E-state index in [2.05, 4.69) is 66.9 Å². The molecule has 0 saturated carbocycles. The number of non-ortho nitro benzene ring substituents is 2. The van der Waals surface area contributed by atoms with Gasteiger partial charge in [-0.15, -0.1) is 0 Å². The molecule has 0 amide bonds. The Bertz CT molecular complexity index is 1190. The molecule has 0 radical (unpaired) electrons. The largest absolute Gasteiger partial charge is 0.478 e. The molecule has 0 spiro atoms. The maximum absolute atomic E-state index is 10.5. The molecule has 1 aromatic heterocycles. The number of para-hydroxylation sites is 2. The number of aromatic nitrogens is 1. The molecular formula is C23H21N3O6. The van der Waals surface area contributed by atoms with Crippen molar-refractivity contribution in [3.05, 3.63) is 92.5 Å². The Hall–Kier alpha value is -4.27. The van der Waals surface area contributed by atoms with Crippen molar-refractivity contribution in [1.29, 1.82) is 0 Å². The predicted molar refractivity (Wildman–Crippen MR) is 121 cm³/mol. The van der Waals surface area contributed by atoms with Gasteiger partial charge in [0.2, 0.25) is 0 Å². The molecule has 9 heteroatoms. The van der Waals surface area contributed by atoms with Crippen LogP contribution in [0, 0.1) is 26.1 Å². The highest BCUT2D eigenvalue weighted by molar-refractivity contribution is 6.07. The third kappa shape index (κ3) is 4.72. The molecule has 0 fully saturated rings. The second-order valence-corrected chi connectivity index (χ2v) is 7.60. The van der Waals surface area contributed by atoms with Crippen LogP contribution in [-0.2, 0) is 6.54 Å². The fourth-order valence-electron chi connectivity index (χ4n) is 3.49. The first-order valence-electron chi connectivity index (χ1n) is 9.82. The van der Waals surface area contributed by atoms with E-state index in [1.807, 2.05) is 0 Å². The summed E-state index contributed by atoms with van der Waals surface area (Å²) in [6.07, 6.45) is 0. The first-order chi connectivity index (χ1) is 15.2. The van der Waals surface area contributed by atoms with Crippen LogP contribution in [0.25, 0.3) is 21.8 Å². The van der Waals surface area contributed by atoms with Crippen LogP contribution >= 0.6 is 0 Å². The number of aromatic carboxylic acids is 1. The minimum Gasteiger partial charge on any atom is -0.478 e. The Labute approximate surface area is 182 Å². The average molecular weight is 435 g/mol. The summed E-state index contributed by atoms with van der Waals surface area (Å²) in [5.74, 6) is -0.795. The lowest BCUT2D eigenvalue weighted by Crippen LogP contribution is -2.03. The van der Waals surface area contributed by atoms with Gasteiger partial charge in [0.25, 0.3) is 11.4 Å². The van der Waals surface area contributed by atoms with Crippen LogP contribution in [-0.4, -0.2) is 25.5 Å². The van der Waals surface area contributed by atoms with Crippen molar-refractivity contribution in [1.82, 2.24) is 4.57 Å². The molecule has 0 aliphatic carbocycles. The molecule has 9 nitrogen and oxygen atoms in total. The van der Waals surface area contributed by atoms with E-state index in [4.69, 9.17) is 5.11 Å². The van der Waals surface area contributed by atoms with Gasteiger partial charge in [0.15, 0.2) is 0 Å². The number of carboxylic acid groups (broad SMARTS) is 1. The monoisotopic (exact) mass is 435 g/mol. The van der Waals surface area contributed by atoms with Gasteiger partial charge in [0, 0.05) is 40.5 Å². The van der Waals surface area contributed by atoms with Crippen molar-refractivity contribution in [3.8, 4) is 0 Å². The zero-order valence-corrected chi connectivity index (χ0v) is 17.5. The lowest BCUT2D eigenvalue weighted by molar-refractivity contribution is -0.394. The van der Waals surface area contributed by atoms with E-state index < -0.39 is 32.8 Å². The maximum Gasteiger partial charge on any atom is 0.336 e. The minimum atomic E-state index is -1.46. The summed E-state index contributed by atoms with van der Waals surface area (Å²) in [7, 11) is 0. The number of carboxylic acids is 1. The second-order valence-electron chi connectivity index (χ2n) is 7.60. The number of hydrogen-bond donors (Lipinski definition) is 1. The van der Waals surface area contributed by atoms with Gasteiger partial charge in [-0.1, -0.05) is 50.2 Å². The first-order valence-corrected chi connectivity index (χ1v) is 9.82. The fraction of sp³-hybridized carbons (Fsp3) is 0.174. The van der Waals surface area contributed by atoms with Crippen LogP contribution in [0.3, 0.4) is 0 Å². The van der Waals surface area contributed by atoms with Gasteiger partial charge in [-0.3, -0.25) is 20.2 Å². The van der Waals surface area contributed by atoms with Gasteiger partial charge in [0.05, 0.1) is 21.5 Å². The van der Waals surface area contributed by atoms with Crippen LogP contribution in [0.15, 0.2) is 66.7 Å². The quantitative estimate of drug-likeness (QED) is 0.318. The standard InChI is InChI=1S/C16H17N.C7H4N2O6/c1-12(2)11-17-15-9-5-3-7-13(15)14-8-4-6-10-16(14)17;10-7(11)4-1-5(8(12)13)3-6(2-4)9(14)15/h3-10,12H,11H2,1-2H3;1-3H,(H,10,11). The lowest BCUT2D eigenvalue weighted by Gasteiger charge is -2.09. The summed E-state index contributed by atoms with van der Waals surface area (Å²) in [6, 6.07) is 19.6. The fourth-order valence-corrected chi connectivity index (χ4v) is 3.49. The van der Waals surface area contributed by atoms with Crippen LogP contribution in [0.5, 0.6) is 0 Å². The van der Waals surface area contributed by atoms with Crippen LogP contribution in [0.4, 0.5) is 11.4 Å². The smallest absolute Gasteiger partial charge is 0.336 e. The zero-order chi connectivity index (χ0) is 23.4. The number of benzene rings is 3. The lowest BCUT2D eigenvalue weighted by atomic mass is 10.2. The van der Waals surface area contributed by atoms with Gasteiger partial charge in [-0.2, -0.15) is 0 Å². The molecule has 0 atom stereocenters. The highest BCUT2D eigenvalue weighted by atomic mass is 16.6. The number of hydrogen-bond acceptors (Lipinski definition) is 5. The normalized spacial score (nSPS) is 10.7. The molecule has 4 rings (SSSR count). The van der Waals surface area contributed by atoms with E-state index in [9.17, 15) is 25.0 Å². The van der Waals surface area contributed by atoms with Crippen LogP contribution in [0.2, 0.25) is 0 Å². The summed E-state index contributed by atoms with van der Waals surface area (Å²) < 4.78 is 2.44. The van der Waals surface area contributed by atoms with E-state index in [-0.39, 0.29) is 0 Å². The highest BCUT2D eigenvalue weighted by Gasteiger charge is 2.19. The molecule has 1 heterocycles. The molecule has 0 bridgehead atoms. The summed E-state index contributed by atoms with van der Waals surface area (Å²) in [5.41, 5.74) is 0.962.